The molecule has 15 heavy (non-hydrogen) atoms. The van der Waals surface area contributed by atoms with Gasteiger partial charge in [0.1, 0.15) is 5.82 Å². The molecular formula is C11H13FINO. The highest BCUT2D eigenvalue weighted by Crippen LogP contribution is 2.03. The van der Waals surface area contributed by atoms with Gasteiger partial charge in [-0.1, -0.05) is 28.7 Å². The van der Waals surface area contributed by atoms with Crippen LogP contribution in [-0.4, -0.2) is 16.9 Å². The van der Waals surface area contributed by atoms with Crippen molar-refractivity contribution in [3.63, 3.8) is 0 Å². The summed E-state index contributed by atoms with van der Waals surface area (Å²) in [5.41, 5.74) is 0.379. The van der Waals surface area contributed by atoms with Crippen LogP contribution in [0, 0.1) is 5.82 Å². The van der Waals surface area contributed by atoms with Gasteiger partial charge in [0.25, 0.3) is 5.91 Å². The summed E-state index contributed by atoms with van der Waals surface area (Å²) in [6.45, 7) is 0.651. The number of hydrogen-bond acceptors (Lipinski definition) is 1. The molecule has 0 saturated heterocycles. The number of benzene rings is 1. The molecule has 0 heterocycles. The Balaban J connectivity index is 2.40. The van der Waals surface area contributed by atoms with Crippen LogP contribution in [0.5, 0.6) is 0 Å². The number of amides is 1. The number of carbonyl (C=O) groups excluding carboxylic acids is 1. The molecule has 0 aromatic heterocycles. The molecule has 0 saturated carbocycles. The minimum Gasteiger partial charge on any atom is -0.352 e. The predicted octanol–water partition coefficient (Wildman–Crippen LogP) is 2.77. The Morgan fingerprint density at radius 1 is 1.40 bits per heavy atom. The normalized spacial score (nSPS) is 10.0. The number of rotatable bonds is 5. The Labute approximate surface area is 102 Å². The molecule has 0 fully saturated rings. The van der Waals surface area contributed by atoms with Gasteiger partial charge in [0.05, 0.1) is 0 Å². The Morgan fingerprint density at radius 3 is 2.87 bits per heavy atom. The van der Waals surface area contributed by atoms with Crippen LogP contribution in [0.1, 0.15) is 23.2 Å². The van der Waals surface area contributed by atoms with E-state index in [4.69, 9.17) is 0 Å². The van der Waals surface area contributed by atoms with Crippen LogP contribution >= 0.6 is 22.6 Å². The molecule has 1 amide bonds. The van der Waals surface area contributed by atoms with E-state index in [1.807, 2.05) is 0 Å². The van der Waals surface area contributed by atoms with Gasteiger partial charge in [0.15, 0.2) is 0 Å². The molecule has 0 atom stereocenters. The Bertz CT molecular complexity index is 330. The van der Waals surface area contributed by atoms with Crippen molar-refractivity contribution >= 4 is 28.5 Å². The van der Waals surface area contributed by atoms with Gasteiger partial charge in [-0.2, -0.15) is 0 Å². The molecule has 82 valence electrons. The summed E-state index contributed by atoms with van der Waals surface area (Å²) in [5, 5.41) is 2.75. The summed E-state index contributed by atoms with van der Waals surface area (Å²) >= 11 is 2.30. The Kier molecular flexibility index (Phi) is 5.60. The second kappa shape index (κ2) is 6.76. The van der Waals surface area contributed by atoms with Gasteiger partial charge in [-0.3, -0.25) is 4.79 Å². The molecule has 1 rings (SSSR count). The van der Waals surface area contributed by atoms with Crippen molar-refractivity contribution in [3.05, 3.63) is 35.6 Å². The van der Waals surface area contributed by atoms with Crippen LogP contribution in [0.25, 0.3) is 0 Å². The summed E-state index contributed by atoms with van der Waals surface area (Å²) in [7, 11) is 0. The molecule has 0 aliphatic carbocycles. The molecule has 2 nitrogen and oxygen atoms in total. The third kappa shape index (κ3) is 4.59. The van der Waals surface area contributed by atoms with E-state index < -0.39 is 0 Å². The topological polar surface area (TPSA) is 29.1 Å². The van der Waals surface area contributed by atoms with E-state index in [1.54, 1.807) is 6.07 Å². The van der Waals surface area contributed by atoms with E-state index in [-0.39, 0.29) is 11.7 Å². The third-order valence-electron chi connectivity index (χ3n) is 1.93. The number of unbranched alkanes of at least 4 members (excludes halogenated alkanes) is 1. The highest BCUT2D eigenvalue weighted by Gasteiger charge is 2.04. The summed E-state index contributed by atoms with van der Waals surface area (Å²) in [4.78, 5) is 11.5. The van der Waals surface area contributed by atoms with Crippen molar-refractivity contribution in [2.75, 3.05) is 11.0 Å². The van der Waals surface area contributed by atoms with Crippen LogP contribution in [0.2, 0.25) is 0 Å². The maximum absolute atomic E-state index is 12.8. The van der Waals surface area contributed by atoms with Crippen LogP contribution in [-0.2, 0) is 0 Å². The first-order valence-corrected chi connectivity index (χ1v) is 6.36. The second-order valence-electron chi connectivity index (χ2n) is 3.16. The van der Waals surface area contributed by atoms with Crippen molar-refractivity contribution in [2.45, 2.75) is 12.8 Å². The molecule has 4 heteroatoms. The first-order valence-electron chi connectivity index (χ1n) is 4.84. The lowest BCUT2D eigenvalue weighted by molar-refractivity contribution is 0.0952. The van der Waals surface area contributed by atoms with Crippen molar-refractivity contribution < 1.29 is 9.18 Å². The molecule has 0 radical (unpaired) electrons. The van der Waals surface area contributed by atoms with Crippen LogP contribution < -0.4 is 5.32 Å². The standard InChI is InChI=1S/C11H13FINO/c12-10-5-3-4-9(8-10)11(15)14-7-2-1-6-13/h3-5,8H,1-2,6-7H2,(H,14,15). The van der Waals surface area contributed by atoms with E-state index in [2.05, 4.69) is 27.9 Å². The fraction of sp³-hybridized carbons (Fsp3) is 0.364. The molecule has 1 aromatic carbocycles. The summed E-state index contributed by atoms with van der Waals surface area (Å²) in [5.74, 6) is -0.585. The number of carbonyl (C=O) groups is 1. The summed E-state index contributed by atoms with van der Waals surface area (Å²) in [6, 6.07) is 5.71. The lowest BCUT2D eigenvalue weighted by Gasteiger charge is -2.04. The van der Waals surface area contributed by atoms with Gasteiger partial charge in [0.2, 0.25) is 0 Å². The zero-order valence-electron chi connectivity index (χ0n) is 8.30. The first-order chi connectivity index (χ1) is 7.24. The zero-order valence-corrected chi connectivity index (χ0v) is 10.5. The van der Waals surface area contributed by atoms with Gasteiger partial charge < -0.3 is 5.32 Å². The van der Waals surface area contributed by atoms with E-state index >= 15 is 0 Å². The predicted molar refractivity (Wildman–Crippen MR) is 66.9 cm³/mol. The fourth-order valence-electron chi connectivity index (χ4n) is 1.15. The smallest absolute Gasteiger partial charge is 0.251 e. The average Bonchev–Trinajstić information content (AvgIpc) is 2.24. The van der Waals surface area contributed by atoms with E-state index in [0.29, 0.717) is 12.1 Å². The van der Waals surface area contributed by atoms with Crippen molar-refractivity contribution in [3.8, 4) is 0 Å². The van der Waals surface area contributed by atoms with Gasteiger partial charge >= 0.3 is 0 Å². The Hall–Kier alpha value is -0.650. The Morgan fingerprint density at radius 2 is 2.20 bits per heavy atom. The molecule has 0 aliphatic heterocycles. The van der Waals surface area contributed by atoms with Gasteiger partial charge in [-0.05, 0) is 35.5 Å². The first kappa shape index (κ1) is 12.4. The van der Waals surface area contributed by atoms with E-state index in [1.165, 1.54) is 18.2 Å². The number of hydrogen-bond donors (Lipinski definition) is 1. The van der Waals surface area contributed by atoms with E-state index in [0.717, 1.165) is 17.3 Å². The molecule has 0 bridgehead atoms. The van der Waals surface area contributed by atoms with Crippen molar-refractivity contribution in [1.29, 1.82) is 0 Å². The van der Waals surface area contributed by atoms with Crippen molar-refractivity contribution in [1.82, 2.24) is 5.32 Å². The van der Waals surface area contributed by atoms with Gasteiger partial charge in [-0.25, -0.2) is 4.39 Å². The van der Waals surface area contributed by atoms with Gasteiger partial charge in [0, 0.05) is 12.1 Å². The average molecular weight is 321 g/mol. The molecule has 0 spiro atoms. The molecule has 0 unspecified atom stereocenters. The lowest BCUT2D eigenvalue weighted by Crippen LogP contribution is -2.24. The van der Waals surface area contributed by atoms with E-state index in [9.17, 15) is 9.18 Å². The summed E-state index contributed by atoms with van der Waals surface area (Å²) < 4.78 is 13.9. The quantitative estimate of drug-likeness (QED) is 0.504. The molecule has 1 N–H and O–H groups in total. The third-order valence-corrected chi connectivity index (χ3v) is 2.70. The number of nitrogens with one attached hydrogen (secondary N) is 1. The van der Waals surface area contributed by atoms with Crippen LogP contribution in [0.3, 0.4) is 0 Å². The van der Waals surface area contributed by atoms with Gasteiger partial charge in [-0.15, -0.1) is 0 Å². The largest absolute Gasteiger partial charge is 0.352 e. The molecular weight excluding hydrogens is 308 g/mol. The van der Waals surface area contributed by atoms with Crippen LogP contribution in [0.4, 0.5) is 4.39 Å². The summed E-state index contributed by atoms with van der Waals surface area (Å²) in [6.07, 6.45) is 2.05. The lowest BCUT2D eigenvalue weighted by atomic mass is 10.2. The highest BCUT2D eigenvalue weighted by atomic mass is 127. The number of halogens is 2. The van der Waals surface area contributed by atoms with Crippen LogP contribution in [0.15, 0.2) is 24.3 Å². The molecule has 0 aliphatic rings. The highest BCUT2D eigenvalue weighted by molar-refractivity contribution is 14.1. The van der Waals surface area contributed by atoms with Crippen molar-refractivity contribution in [2.24, 2.45) is 0 Å². The maximum Gasteiger partial charge on any atom is 0.251 e. The molecule has 1 aromatic rings. The SMILES string of the molecule is O=C(NCCCCI)c1cccc(F)c1. The fourth-order valence-corrected chi connectivity index (χ4v) is 1.69. The number of alkyl halides is 1. The zero-order chi connectivity index (χ0) is 11.1. The second-order valence-corrected chi connectivity index (χ2v) is 4.24. The monoisotopic (exact) mass is 321 g/mol. The maximum atomic E-state index is 12.8. The minimum atomic E-state index is -0.380. The minimum absolute atomic E-state index is 0.206.